The minimum Gasteiger partial charge on any atom is -0.378 e. The van der Waals surface area contributed by atoms with E-state index in [0.29, 0.717) is 35.1 Å². The van der Waals surface area contributed by atoms with Crippen LogP contribution in [-0.4, -0.2) is 12.7 Å². The molecular formula is C28H36F2O. The van der Waals surface area contributed by atoms with Crippen molar-refractivity contribution in [2.75, 3.05) is 6.61 Å². The molecule has 0 radical (unpaired) electrons. The number of benzene rings is 2. The van der Waals surface area contributed by atoms with Gasteiger partial charge in [-0.25, -0.2) is 8.78 Å². The zero-order valence-electron chi connectivity index (χ0n) is 19.0. The third-order valence-electron chi connectivity index (χ3n) is 6.42. The maximum absolute atomic E-state index is 14.9. The van der Waals surface area contributed by atoms with Gasteiger partial charge in [-0.1, -0.05) is 56.2 Å². The standard InChI is InChI=1S/C28H36F2O/c1-3-5-7-9-22-10-11-24(20-27(22)29)26-17-14-23(19-28(26)30)21-12-15-25(16-13-21)31-18-8-6-4-2/h3,5,10-11,14,17,19-21,25H,4,6-9,12-13,15-16,18H2,1-2H3/b5-3+. The molecule has 3 heteroatoms. The summed E-state index contributed by atoms with van der Waals surface area (Å²) in [5.41, 5.74) is 2.79. The normalized spacial score (nSPS) is 19.2. The van der Waals surface area contributed by atoms with Gasteiger partial charge in [0.1, 0.15) is 11.6 Å². The smallest absolute Gasteiger partial charge is 0.131 e. The summed E-state index contributed by atoms with van der Waals surface area (Å²) in [6.07, 6.45) is 13.5. The molecule has 0 saturated heterocycles. The Kier molecular flexibility index (Phi) is 9.27. The van der Waals surface area contributed by atoms with Crippen molar-refractivity contribution < 1.29 is 13.5 Å². The molecule has 168 valence electrons. The van der Waals surface area contributed by atoms with Crippen LogP contribution in [0.4, 0.5) is 8.78 Å². The average Bonchev–Trinajstić information content (AvgIpc) is 2.78. The van der Waals surface area contributed by atoms with Crippen LogP contribution in [0.1, 0.15) is 82.3 Å². The molecule has 2 aromatic rings. The van der Waals surface area contributed by atoms with Gasteiger partial charge < -0.3 is 4.74 Å². The van der Waals surface area contributed by atoms with Gasteiger partial charge in [0.25, 0.3) is 0 Å². The van der Waals surface area contributed by atoms with E-state index in [2.05, 4.69) is 6.92 Å². The monoisotopic (exact) mass is 426 g/mol. The summed E-state index contributed by atoms with van der Waals surface area (Å²) in [5.74, 6) is -0.149. The topological polar surface area (TPSA) is 9.23 Å². The predicted octanol–water partition coefficient (Wildman–Crippen LogP) is 8.37. The Balaban J connectivity index is 1.60. The maximum Gasteiger partial charge on any atom is 0.131 e. The first-order valence-corrected chi connectivity index (χ1v) is 11.9. The summed E-state index contributed by atoms with van der Waals surface area (Å²) in [6, 6.07) is 10.6. The van der Waals surface area contributed by atoms with Crippen LogP contribution in [-0.2, 0) is 11.2 Å². The molecule has 1 saturated carbocycles. The molecular weight excluding hydrogens is 390 g/mol. The fourth-order valence-corrected chi connectivity index (χ4v) is 4.51. The molecule has 31 heavy (non-hydrogen) atoms. The van der Waals surface area contributed by atoms with Gasteiger partial charge in [-0.2, -0.15) is 0 Å². The molecule has 0 heterocycles. The molecule has 0 unspecified atom stereocenters. The van der Waals surface area contributed by atoms with Gasteiger partial charge in [0.15, 0.2) is 0 Å². The fourth-order valence-electron chi connectivity index (χ4n) is 4.51. The Morgan fingerprint density at radius 3 is 2.45 bits per heavy atom. The summed E-state index contributed by atoms with van der Waals surface area (Å²) < 4.78 is 35.4. The SMILES string of the molecule is C/C=C/CCc1ccc(-c2ccc(C3CCC(OCCCCC)CC3)cc2F)cc1F. The lowest BCUT2D eigenvalue weighted by Gasteiger charge is -2.29. The van der Waals surface area contributed by atoms with Gasteiger partial charge in [0, 0.05) is 12.2 Å². The van der Waals surface area contributed by atoms with E-state index in [0.717, 1.165) is 50.7 Å². The van der Waals surface area contributed by atoms with Crippen LogP contribution < -0.4 is 0 Å². The van der Waals surface area contributed by atoms with E-state index < -0.39 is 0 Å². The third-order valence-corrected chi connectivity index (χ3v) is 6.42. The Labute approximate surface area is 186 Å². The Bertz CT molecular complexity index is 850. The molecule has 0 spiro atoms. The molecule has 0 N–H and O–H groups in total. The first kappa shape index (κ1) is 23.7. The summed E-state index contributed by atoms with van der Waals surface area (Å²) in [7, 11) is 0. The van der Waals surface area contributed by atoms with Crippen molar-refractivity contribution in [2.45, 2.75) is 83.7 Å². The van der Waals surface area contributed by atoms with Crippen LogP contribution in [0.15, 0.2) is 48.6 Å². The summed E-state index contributed by atoms with van der Waals surface area (Å²) in [4.78, 5) is 0. The summed E-state index contributed by atoms with van der Waals surface area (Å²) in [6.45, 7) is 5.02. The maximum atomic E-state index is 14.9. The minimum atomic E-state index is -0.267. The minimum absolute atomic E-state index is 0.261. The highest BCUT2D eigenvalue weighted by molar-refractivity contribution is 5.65. The van der Waals surface area contributed by atoms with E-state index in [1.165, 1.54) is 18.9 Å². The molecule has 3 rings (SSSR count). The third kappa shape index (κ3) is 6.74. The molecule has 1 fully saturated rings. The number of ether oxygens (including phenoxy) is 1. The van der Waals surface area contributed by atoms with Crippen molar-refractivity contribution >= 4 is 0 Å². The fraction of sp³-hybridized carbons (Fsp3) is 0.500. The summed E-state index contributed by atoms with van der Waals surface area (Å²) in [5, 5.41) is 0. The molecule has 0 aliphatic heterocycles. The highest BCUT2D eigenvalue weighted by Crippen LogP contribution is 2.36. The lowest BCUT2D eigenvalue weighted by atomic mass is 9.82. The van der Waals surface area contributed by atoms with Crippen LogP contribution in [0.3, 0.4) is 0 Å². The second-order valence-electron chi connectivity index (χ2n) is 8.70. The quantitative estimate of drug-likeness (QED) is 0.274. The van der Waals surface area contributed by atoms with Gasteiger partial charge in [0.05, 0.1) is 6.10 Å². The zero-order chi connectivity index (χ0) is 22.1. The number of halogens is 2. The number of aryl methyl sites for hydroxylation is 1. The van der Waals surface area contributed by atoms with E-state index in [9.17, 15) is 8.78 Å². The molecule has 1 aliphatic rings. The number of hydrogen-bond acceptors (Lipinski definition) is 1. The molecule has 0 bridgehead atoms. The van der Waals surface area contributed by atoms with E-state index in [-0.39, 0.29) is 11.6 Å². The van der Waals surface area contributed by atoms with Gasteiger partial charge in [-0.05, 0) is 86.6 Å². The van der Waals surface area contributed by atoms with Gasteiger partial charge in [-0.15, -0.1) is 0 Å². The van der Waals surface area contributed by atoms with Crippen LogP contribution in [0, 0.1) is 11.6 Å². The molecule has 0 aromatic heterocycles. The van der Waals surface area contributed by atoms with E-state index in [1.54, 1.807) is 12.1 Å². The average molecular weight is 427 g/mol. The first-order chi connectivity index (χ1) is 15.1. The Morgan fingerprint density at radius 1 is 0.968 bits per heavy atom. The van der Waals surface area contributed by atoms with Crippen LogP contribution in [0.5, 0.6) is 0 Å². The second kappa shape index (κ2) is 12.1. The Morgan fingerprint density at radius 2 is 1.77 bits per heavy atom. The van der Waals surface area contributed by atoms with E-state index >= 15 is 0 Å². The number of unbranched alkanes of at least 4 members (excludes halogenated alkanes) is 2. The molecule has 2 aromatic carbocycles. The van der Waals surface area contributed by atoms with Gasteiger partial charge >= 0.3 is 0 Å². The van der Waals surface area contributed by atoms with Crippen LogP contribution in [0.25, 0.3) is 11.1 Å². The van der Waals surface area contributed by atoms with Gasteiger partial charge in [-0.3, -0.25) is 0 Å². The van der Waals surface area contributed by atoms with Crippen molar-refractivity contribution in [1.29, 1.82) is 0 Å². The zero-order valence-corrected chi connectivity index (χ0v) is 19.0. The first-order valence-electron chi connectivity index (χ1n) is 11.9. The molecule has 1 aliphatic carbocycles. The largest absolute Gasteiger partial charge is 0.378 e. The summed E-state index contributed by atoms with van der Waals surface area (Å²) >= 11 is 0. The van der Waals surface area contributed by atoms with Crippen molar-refractivity contribution in [2.24, 2.45) is 0 Å². The lowest BCUT2D eigenvalue weighted by Crippen LogP contribution is -2.21. The molecule has 1 nitrogen and oxygen atoms in total. The van der Waals surface area contributed by atoms with E-state index in [4.69, 9.17) is 4.74 Å². The van der Waals surface area contributed by atoms with Gasteiger partial charge in [0.2, 0.25) is 0 Å². The lowest BCUT2D eigenvalue weighted by molar-refractivity contribution is 0.0227. The number of allylic oxidation sites excluding steroid dienone is 2. The molecule has 0 atom stereocenters. The van der Waals surface area contributed by atoms with Crippen LogP contribution in [0.2, 0.25) is 0 Å². The van der Waals surface area contributed by atoms with Crippen molar-refractivity contribution in [3.8, 4) is 11.1 Å². The second-order valence-corrected chi connectivity index (χ2v) is 8.70. The van der Waals surface area contributed by atoms with E-state index in [1.807, 2.05) is 37.3 Å². The number of rotatable bonds is 10. The van der Waals surface area contributed by atoms with Crippen molar-refractivity contribution in [1.82, 2.24) is 0 Å². The number of hydrogen-bond donors (Lipinski definition) is 0. The van der Waals surface area contributed by atoms with Crippen LogP contribution >= 0.6 is 0 Å². The van der Waals surface area contributed by atoms with Crippen molar-refractivity contribution in [3.05, 3.63) is 71.3 Å². The predicted molar refractivity (Wildman–Crippen MR) is 125 cm³/mol. The highest BCUT2D eigenvalue weighted by atomic mass is 19.1. The van der Waals surface area contributed by atoms with Crippen molar-refractivity contribution in [3.63, 3.8) is 0 Å². The highest BCUT2D eigenvalue weighted by Gasteiger charge is 2.23. The molecule has 0 amide bonds. The Hall–Kier alpha value is -2.00.